The van der Waals surface area contributed by atoms with Crippen molar-refractivity contribution in [2.45, 2.75) is 50.5 Å². The van der Waals surface area contributed by atoms with Gasteiger partial charge in [0.25, 0.3) is 0 Å². The molecule has 6 heteroatoms. The lowest BCUT2D eigenvalue weighted by atomic mass is 9.87. The molecule has 2 aromatic rings. The smallest absolute Gasteiger partial charge is 0.243 e. The maximum Gasteiger partial charge on any atom is 0.243 e. The molecule has 1 aromatic heterocycles. The molecule has 0 spiro atoms. The van der Waals surface area contributed by atoms with E-state index >= 15 is 0 Å². The monoisotopic (exact) mass is 401 g/mol. The summed E-state index contributed by atoms with van der Waals surface area (Å²) >= 11 is 0. The first-order valence-electron chi connectivity index (χ1n) is 9.91. The third-order valence-electron chi connectivity index (χ3n) is 5.44. The molecular formula is C22H31N3O2S. The summed E-state index contributed by atoms with van der Waals surface area (Å²) < 4.78 is 27.9. The van der Waals surface area contributed by atoms with Crippen molar-refractivity contribution in [3.63, 3.8) is 0 Å². The Morgan fingerprint density at radius 2 is 1.68 bits per heavy atom. The summed E-state index contributed by atoms with van der Waals surface area (Å²) in [6, 6.07) is 11.4. The number of pyridine rings is 1. The molecular weight excluding hydrogens is 370 g/mol. The Hall–Kier alpha value is -1.76. The van der Waals surface area contributed by atoms with E-state index in [-0.39, 0.29) is 11.5 Å². The van der Waals surface area contributed by atoms with Gasteiger partial charge in [-0.1, -0.05) is 32.9 Å². The lowest BCUT2D eigenvalue weighted by Gasteiger charge is -2.39. The fraction of sp³-hybridized carbons (Fsp3) is 0.500. The minimum atomic E-state index is -3.47. The second kappa shape index (κ2) is 8.31. The van der Waals surface area contributed by atoms with Crippen molar-refractivity contribution < 1.29 is 8.42 Å². The minimum Gasteiger partial charge on any atom is -0.300 e. The zero-order chi connectivity index (χ0) is 20.4. The molecule has 5 nitrogen and oxygen atoms in total. The van der Waals surface area contributed by atoms with Crippen molar-refractivity contribution in [2.75, 3.05) is 26.2 Å². The van der Waals surface area contributed by atoms with Crippen LogP contribution in [0.5, 0.6) is 0 Å². The number of hydrogen-bond donors (Lipinski definition) is 0. The van der Waals surface area contributed by atoms with Crippen molar-refractivity contribution in [1.82, 2.24) is 14.2 Å². The van der Waals surface area contributed by atoms with Gasteiger partial charge in [0.15, 0.2) is 0 Å². The number of benzene rings is 1. The van der Waals surface area contributed by atoms with Crippen molar-refractivity contribution in [1.29, 1.82) is 0 Å². The molecule has 1 atom stereocenters. The highest BCUT2D eigenvalue weighted by Gasteiger charge is 2.33. The van der Waals surface area contributed by atoms with E-state index in [2.05, 4.69) is 30.7 Å². The summed E-state index contributed by atoms with van der Waals surface area (Å²) in [7, 11) is -3.47. The van der Waals surface area contributed by atoms with Gasteiger partial charge in [-0.2, -0.15) is 4.31 Å². The summed E-state index contributed by atoms with van der Waals surface area (Å²) in [5.41, 5.74) is 2.41. The molecule has 0 N–H and O–H groups in total. The first kappa shape index (κ1) is 21.0. The lowest BCUT2D eigenvalue weighted by Crippen LogP contribution is -2.54. The van der Waals surface area contributed by atoms with Crippen LogP contribution in [0.2, 0.25) is 0 Å². The molecule has 1 aliphatic rings. The summed E-state index contributed by atoms with van der Waals surface area (Å²) in [6.45, 7) is 11.4. The van der Waals surface area contributed by atoms with E-state index < -0.39 is 10.0 Å². The Morgan fingerprint density at radius 3 is 2.25 bits per heavy atom. The van der Waals surface area contributed by atoms with Gasteiger partial charge in [-0.05, 0) is 54.2 Å². The molecule has 1 saturated heterocycles. The molecule has 1 aromatic carbocycles. The van der Waals surface area contributed by atoms with E-state index in [1.807, 2.05) is 43.6 Å². The van der Waals surface area contributed by atoms with Gasteiger partial charge in [0.2, 0.25) is 10.0 Å². The largest absolute Gasteiger partial charge is 0.300 e. The highest BCUT2D eigenvalue weighted by atomic mass is 32.2. The molecule has 0 saturated carbocycles. The molecule has 0 unspecified atom stereocenters. The highest BCUT2D eigenvalue weighted by Crippen LogP contribution is 2.26. The second-order valence-corrected chi connectivity index (χ2v) is 10.5. The van der Waals surface area contributed by atoms with Crippen molar-refractivity contribution >= 4 is 10.0 Å². The molecule has 1 aliphatic heterocycles. The Morgan fingerprint density at radius 1 is 1.04 bits per heavy atom. The number of piperazine rings is 1. The van der Waals surface area contributed by atoms with Crippen LogP contribution >= 0.6 is 0 Å². The molecule has 152 valence electrons. The van der Waals surface area contributed by atoms with E-state index in [1.165, 1.54) is 5.56 Å². The predicted octanol–water partition coefficient (Wildman–Crippen LogP) is 3.32. The summed E-state index contributed by atoms with van der Waals surface area (Å²) in [6.07, 6.45) is 4.58. The fourth-order valence-electron chi connectivity index (χ4n) is 3.68. The molecule has 0 aliphatic carbocycles. The van der Waals surface area contributed by atoms with E-state index in [1.54, 1.807) is 16.4 Å². The van der Waals surface area contributed by atoms with Gasteiger partial charge in [-0.3, -0.25) is 4.98 Å². The number of nitrogens with zero attached hydrogens (tertiary/aromatic N) is 3. The van der Waals surface area contributed by atoms with Gasteiger partial charge in [-0.25, -0.2) is 8.42 Å². The van der Waals surface area contributed by atoms with E-state index in [0.717, 1.165) is 31.6 Å². The maximum absolute atomic E-state index is 13.1. The molecule has 0 bridgehead atoms. The van der Waals surface area contributed by atoms with Crippen LogP contribution in [0.3, 0.4) is 0 Å². The normalized spacial score (nSPS) is 19.6. The van der Waals surface area contributed by atoms with Crippen LogP contribution in [0, 0.1) is 0 Å². The first-order chi connectivity index (χ1) is 13.2. The third kappa shape index (κ3) is 4.80. The average molecular weight is 402 g/mol. The predicted molar refractivity (Wildman–Crippen MR) is 113 cm³/mol. The molecule has 0 radical (unpaired) electrons. The number of aromatic nitrogens is 1. The number of sulfonamides is 1. The lowest BCUT2D eigenvalue weighted by molar-refractivity contribution is 0.145. The Bertz CT molecular complexity index is 874. The maximum atomic E-state index is 13.1. The van der Waals surface area contributed by atoms with Crippen molar-refractivity contribution in [2.24, 2.45) is 0 Å². The Balaban J connectivity index is 1.64. The molecule has 0 amide bonds. The summed E-state index contributed by atoms with van der Waals surface area (Å²) in [5, 5.41) is 0. The fourth-order valence-corrected chi connectivity index (χ4v) is 5.29. The second-order valence-electron chi connectivity index (χ2n) is 8.65. The molecule has 28 heavy (non-hydrogen) atoms. The van der Waals surface area contributed by atoms with Gasteiger partial charge in [0.1, 0.15) is 0 Å². The van der Waals surface area contributed by atoms with Gasteiger partial charge >= 0.3 is 0 Å². The van der Waals surface area contributed by atoms with Gasteiger partial charge in [0.05, 0.1) is 4.90 Å². The van der Waals surface area contributed by atoms with Crippen LogP contribution < -0.4 is 0 Å². The quantitative estimate of drug-likeness (QED) is 0.771. The zero-order valence-electron chi connectivity index (χ0n) is 17.3. The number of hydrogen-bond acceptors (Lipinski definition) is 4. The van der Waals surface area contributed by atoms with E-state index in [4.69, 9.17) is 0 Å². The first-order valence-corrected chi connectivity index (χ1v) is 11.4. The zero-order valence-corrected chi connectivity index (χ0v) is 18.1. The summed E-state index contributed by atoms with van der Waals surface area (Å²) in [4.78, 5) is 6.78. The van der Waals surface area contributed by atoms with Crippen LogP contribution in [0.1, 0.15) is 38.8 Å². The number of rotatable bonds is 5. The van der Waals surface area contributed by atoms with E-state index in [9.17, 15) is 8.42 Å². The minimum absolute atomic E-state index is 0.00995. The highest BCUT2D eigenvalue weighted by molar-refractivity contribution is 7.89. The SMILES string of the molecule is C[C@@H]1CN(CCc2ccncc2)CCN1S(=O)(=O)c1ccc(C(C)(C)C)cc1. The third-order valence-corrected chi connectivity index (χ3v) is 7.47. The average Bonchev–Trinajstić information content (AvgIpc) is 2.66. The topological polar surface area (TPSA) is 53.5 Å². The van der Waals surface area contributed by atoms with Crippen LogP contribution in [0.25, 0.3) is 0 Å². The van der Waals surface area contributed by atoms with Crippen molar-refractivity contribution in [3.05, 3.63) is 59.9 Å². The molecule has 2 heterocycles. The molecule has 1 fully saturated rings. The van der Waals surface area contributed by atoms with Crippen LogP contribution in [-0.4, -0.2) is 54.8 Å². The van der Waals surface area contributed by atoms with Crippen LogP contribution in [0.4, 0.5) is 0 Å². The van der Waals surface area contributed by atoms with Gasteiger partial charge in [-0.15, -0.1) is 0 Å². The van der Waals surface area contributed by atoms with Crippen molar-refractivity contribution in [3.8, 4) is 0 Å². The van der Waals surface area contributed by atoms with Gasteiger partial charge in [0, 0.05) is 44.6 Å². The van der Waals surface area contributed by atoms with Crippen LogP contribution in [0.15, 0.2) is 53.7 Å². The standard InChI is InChI=1S/C22H31N3O2S/c1-18-17-24(14-11-19-9-12-23-13-10-19)15-16-25(18)28(26,27)21-7-5-20(6-8-21)22(2,3)4/h5-10,12-13,18H,11,14-17H2,1-4H3/t18-/m1/s1. The van der Waals surface area contributed by atoms with Crippen LogP contribution in [-0.2, 0) is 21.9 Å². The van der Waals surface area contributed by atoms with Gasteiger partial charge < -0.3 is 4.90 Å². The summed E-state index contributed by atoms with van der Waals surface area (Å²) in [5.74, 6) is 0. The Kier molecular flexibility index (Phi) is 6.22. The van der Waals surface area contributed by atoms with E-state index in [0.29, 0.717) is 11.4 Å². The molecule has 3 rings (SSSR count). The Labute approximate surface area is 169 Å².